The number of hydrogen-bond acceptors (Lipinski definition) is 3. The third-order valence-electron chi connectivity index (χ3n) is 4.46. The van der Waals surface area contributed by atoms with Crippen molar-refractivity contribution in [1.82, 2.24) is 0 Å². The molecule has 130 valence electrons. The van der Waals surface area contributed by atoms with Gasteiger partial charge in [0.1, 0.15) is 0 Å². The summed E-state index contributed by atoms with van der Waals surface area (Å²) >= 11 is 0. The zero-order chi connectivity index (χ0) is 18.0. The van der Waals surface area contributed by atoms with Gasteiger partial charge in [0.05, 0.1) is 11.4 Å². The maximum atomic E-state index is 13.2. The lowest BCUT2D eigenvalue weighted by Crippen LogP contribution is -2.31. The summed E-state index contributed by atoms with van der Waals surface area (Å²) in [5, 5.41) is 0. The fourth-order valence-electron chi connectivity index (χ4n) is 3.16. The van der Waals surface area contributed by atoms with Crippen LogP contribution in [0.4, 0.5) is 17.1 Å². The molecule has 3 rings (SSSR count). The van der Waals surface area contributed by atoms with Gasteiger partial charge in [-0.15, -0.1) is 0 Å². The fourth-order valence-corrected chi connectivity index (χ4v) is 3.16. The van der Waals surface area contributed by atoms with Gasteiger partial charge in [-0.05, 0) is 36.8 Å². The highest BCUT2D eigenvalue weighted by molar-refractivity contribution is 6.09. The number of carbonyl (C=O) groups is 2. The second kappa shape index (κ2) is 6.97. The van der Waals surface area contributed by atoms with Crippen molar-refractivity contribution in [3.05, 3.63) is 54.1 Å². The van der Waals surface area contributed by atoms with E-state index in [4.69, 9.17) is 0 Å². The molecule has 0 atom stereocenters. The Morgan fingerprint density at radius 1 is 0.920 bits per heavy atom. The van der Waals surface area contributed by atoms with Crippen LogP contribution in [0.25, 0.3) is 0 Å². The molecule has 1 aliphatic rings. The van der Waals surface area contributed by atoms with Crippen molar-refractivity contribution in [1.29, 1.82) is 0 Å². The fraction of sp³-hybridized carbons (Fsp3) is 0.300. The number of rotatable bonds is 2. The second-order valence-corrected chi connectivity index (χ2v) is 6.41. The number of nitrogens with zero attached hydrogens (tertiary/aromatic N) is 3. The quantitative estimate of drug-likeness (QED) is 0.845. The summed E-state index contributed by atoms with van der Waals surface area (Å²) in [6.07, 6.45) is 0.743. The smallest absolute Gasteiger partial charge is 0.258 e. The van der Waals surface area contributed by atoms with Gasteiger partial charge < -0.3 is 14.7 Å². The van der Waals surface area contributed by atoms with Crippen LogP contribution in [0.15, 0.2) is 48.5 Å². The first-order valence-corrected chi connectivity index (χ1v) is 8.45. The molecule has 0 radical (unpaired) electrons. The standard InChI is InChI=1S/C20H23N3O2/c1-15(24)22-12-7-13-23(19-11-5-4-10-18(19)22)20(25)16-8-6-9-17(14-16)21(2)3/h4-6,8-11,14H,7,12-13H2,1-3H3. The van der Waals surface area contributed by atoms with Gasteiger partial charge >= 0.3 is 0 Å². The van der Waals surface area contributed by atoms with E-state index < -0.39 is 0 Å². The second-order valence-electron chi connectivity index (χ2n) is 6.41. The lowest BCUT2D eigenvalue weighted by molar-refractivity contribution is -0.116. The van der Waals surface area contributed by atoms with Crippen LogP contribution in [0.1, 0.15) is 23.7 Å². The molecular formula is C20H23N3O2. The van der Waals surface area contributed by atoms with E-state index in [9.17, 15) is 9.59 Å². The summed E-state index contributed by atoms with van der Waals surface area (Å²) in [7, 11) is 3.91. The van der Waals surface area contributed by atoms with E-state index in [1.165, 1.54) is 0 Å². The normalized spacial score (nSPS) is 13.9. The van der Waals surface area contributed by atoms with Crippen LogP contribution in [0.3, 0.4) is 0 Å². The molecule has 0 saturated heterocycles. The molecule has 25 heavy (non-hydrogen) atoms. The van der Waals surface area contributed by atoms with Gasteiger partial charge in [-0.1, -0.05) is 18.2 Å². The molecule has 2 aromatic carbocycles. The third-order valence-corrected chi connectivity index (χ3v) is 4.46. The van der Waals surface area contributed by atoms with E-state index in [1.807, 2.05) is 67.5 Å². The molecule has 2 aromatic rings. The Labute approximate surface area is 148 Å². The van der Waals surface area contributed by atoms with E-state index in [0.717, 1.165) is 23.5 Å². The van der Waals surface area contributed by atoms with Gasteiger partial charge in [-0.2, -0.15) is 0 Å². The molecule has 5 heteroatoms. The average molecular weight is 337 g/mol. The van der Waals surface area contributed by atoms with Crippen LogP contribution >= 0.6 is 0 Å². The highest BCUT2D eigenvalue weighted by Crippen LogP contribution is 2.33. The van der Waals surface area contributed by atoms with Gasteiger partial charge in [0.2, 0.25) is 5.91 Å². The number of fused-ring (bicyclic) bond motifs is 1. The number of benzene rings is 2. The highest BCUT2D eigenvalue weighted by Gasteiger charge is 2.27. The minimum absolute atomic E-state index is 0.00338. The van der Waals surface area contributed by atoms with Gasteiger partial charge in [-0.25, -0.2) is 0 Å². The van der Waals surface area contributed by atoms with Gasteiger partial charge in [0.25, 0.3) is 5.91 Å². The van der Waals surface area contributed by atoms with Gasteiger partial charge in [-0.3, -0.25) is 9.59 Å². The van der Waals surface area contributed by atoms with Crippen molar-refractivity contribution >= 4 is 28.9 Å². The van der Waals surface area contributed by atoms with E-state index in [0.29, 0.717) is 18.7 Å². The third kappa shape index (κ3) is 3.36. The minimum Gasteiger partial charge on any atom is -0.378 e. The number of carbonyl (C=O) groups excluding carboxylic acids is 2. The molecule has 1 heterocycles. The molecule has 0 spiro atoms. The number of para-hydroxylation sites is 2. The van der Waals surface area contributed by atoms with Crippen molar-refractivity contribution in [3.63, 3.8) is 0 Å². The molecule has 0 N–H and O–H groups in total. The molecule has 0 unspecified atom stereocenters. The SMILES string of the molecule is CC(=O)N1CCCN(C(=O)c2cccc(N(C)C)c2)c2ccccc21. The van der Waals surface area contributed by atoms with Gasteiger partial charge in [0, 0.05) is 45.4 Å². The summed E-state index contributed by atoms with van der Waals surface area (Å²) in [5.41, 5.74) is 3.22. The summed E-state index contributed by atoms with van der Waals surface area (Å²) in [6.45, 7) is 2.77. The molecule has 0 bridgehead atoms. The first kappa shape index (κ1) is 17.0. The lowest BCUT2D eigenvalue weighted by Gasteiger charge is -2.25. The van der Waals surface area contributed by atoms with Crippen LogP contribution in [0.2, 0.25) is 0 Å². The highest BCUT2D eigenvalue weighted by atomic mass is 16.2. The summed E-state index contributed by atoms with van der Waals surface area (Å²) < 4.78 is 0. The first-order chi connectivity index (χ1) is 12.0. The van der Waals surface area contributed by atoms with E-state index in [1.54, 1.807) is 16.7 Å². The van der Waals surface area contributed by atoms with Crippen LogP contribution in [-0.4, -0.2) is 39.0 Å². The van der Waals surface area contributed by atoms with Crippen LogP contribution in [0.5, 0.6) is 0 Å². The Kier molecular flexibility index (Phi) is 4.74. The topological polar surface area (TPSA) is 43.9 Å². The summed E-state index contributed by atoms with van der Waals surface area (Å²) in [5.74, 6) is -0.0436. The van der Waals surface area contributed by atoms with Gasteiger partial charge in [0.15, 0.2) is 0 Å². The van der Waals surface area contributed by atoms with Crippen molar-refractivity contribution in [2.24, 2.45) is 0 Å². The predicted octanol–water partition coefficient (Wildman–Crippen LogP) is 3.16. The lowest BCUT2D eigenvalue weighted by atomic mass is 10.1. The molecule has 0 aromatic heterocycles. The largest absolute Gasteiger partial charge is 0.378 e. The number of amides is 2. The van der Waals surface area contributed by atoms with Crippen molar-refractivity contribution in [3.8, 4) is 0 Å². The first-order valence-electron chi connectivity index (χ1n) is 8.45. The Morgan fingerprint density at radius 2 is 1.56 bits per heavy atom. The monoisotopic (exact) mass is 337 g/mol. The molecule has 0 fully saturated rings. The minimum atomic E-state index is -0.0402. The van der Waals surface area contributed by atoms with Crippen molar-refractivity contribution < 1.29 is 9.59 Å². The Balaban J connectivity index is 2.01. The number of hydrogen-bond donors (Lipinski definition) is 0. The van der Waals surface area contributed by atoms with E-state index in [-0.39, 0.29) is 11.8 Å². The molecule has 0 saturated carbocycles. The maximum absolute atomic E-state index is 13.2. The zero-order valence-corrected chi connectivity index (χ0v) is 14.9. The molecule has 5 nitrogen and oxygen atoms in total. The van der Waals surface area contributed by atoms with Crippen molar-refractivity contribution in [2.45, 2.75) is 13.3 Å². The molecule has 0 aliphatic carbocycles. The Hall–Kier alpha value is -2.82. The predicted molar refractivity (Wildman–Crippen MR) is 102 cm³/mol. The maximum Gasteiger partial charge on any atom is 0.258 e. The molecular weight excluding hydrogens is 314 g/mol. The van der Waals surface area contributed by atoms with Crippen molar-refractivity contribution in [2.75, 3.05) is 41.9 Å². The van der Waals surface area contributed by atoms with Crippen LogP contribution < -0.4 is 14.7 Å². The van der Waals surface area contributed by atoms with Crippen LogP contribution in [-0.2, 0) is 4.79 Å². The number of anilines is 3. The van der Waals surface area contributed by atoms with E-state index >= 15 is 0 Å². The van der Waals surface area contributed by atoms with Crippen LogP contribution in [0, 0.1) is 0 Å². The zero-order valence-electron chi connectivity index (χ0n) is 14.9. The molecule has 1 aliphatic heterocycles. The Bertz CT molecular complexity index is 801. The van der Waals surface area contributed by atoms with E-state index in [2.05, 4.69) is 0 Å². The average Bonchev–Trinajstić information content (AvgIpc) is 2.81. The summed E-state index contributed by atoms with van der Waals surface area (Å²) in [4.78, 5) is 30.7. The molecule has 2 amide bonds. The summed E-state index contributed by atoms with van der Waals surface area (Å²) in [6, 6.07) is 15.2. The Morgan fingerprint density at radius 3 is 2.20 bits per heavy atom.